The van der Waals surface area contributed by atoms with Crippen molar-refractivity contribution in [1.29, 1.82) is 5.26 Å². The fourth-order valence-electron chi connectivity index (χ4n) is 4.54. The van der Waals surface area contributed by atoms with Crippen LogP contribution in [0.25, 0.3) is 10.9 Å². The van der Waals surface area contributed by atoms with Gasteiger partial charge in [0.05, 0.1) is 12.3 Å². The van der Waals surface area contributed by atoms with Gasteiger partial charge in [0.1, 0.15) is 16.7 Å². The van der Waals surface area contributed by atoms with Crippen molar-refractivity contribution in [3.63, 3.8) is 0 Å². The van der Waals surface area contributed by atoms with Crippen LogP contribution >= 0.6 is 0 Å². The summed E-state index contributed by atoms with van der Waals surface area (Å²) < 4.78 is 0. The lowest BCUT2D eigenvalue weighted by Gasteiger charge is -2.32. The summed E-state index contributed by atoms with van der Waals surface area (Å²) in [6, 6.07) is 10.2. The van der Waals surface area contributed by atoms with Crippen LogP contribution < -0.4 is 20.7 Å². The van der Waals surface area contributed by atoms with E-state index >= 15 is 0 Å². The van der Waals surface area contributed by atoms with Crippen LogP contribution in [0.4, 0.5) is 23.1 Å². The number of piperazine rings is 1. The number of anilines is 4. The van der Waals surface area contributed by atoms with Crippen LogP contribution in [0, 0.1) is 17.2 Å². The molecular weight excluding hydrogens is 434 g/mol. The Labute approximate surface area is 196 Å². The summed E-state index contributed by atoms with van der Waals surface area (Å²) >= 11 is 0. The second-order valence-corrected chi connectivity index (χ2v) is 8.74. The molecule has 5 rings (SSSR count). The smallest absolute Gasteiger partial charge is 0.277 e. The molecule has 2 aliphatic heterocycles. The molecule has 11 nitrogen and oxygen atoms in total. The molecule has 0 atom stereocenters. The lowest BCUT2D eigenvalue weighted by Crippen LogP contribution is -2.44. The van der Waals surface area contributed by atoms with Crippen molar-refractivity contribution in [1.82, 2.24) is 25.2 Å². The summed E-state index contributed by atoms with van der Waals surface area (Å²) in [5, 5.41) is 29.9. The van der Waals surface area contributed by atoms with Crippen molar-refractivity contribution in [2.24, 2.45) is 5.92 Å². The van der Waals surface area contributed by atoms with E-state index in [0.29, 0.717) is 48.1 Å². The maximum absolute atomic E-state index is 12.6. The van der Waals surface area contributed by atoms with Gasteiger partial charge < -0.3 is 20.3 Å². The Kier molecular flexibility index (Phi) is 6.24. The summed E-state index contributed by atoms with van der Waals surface area (Å²) in [6.07, 6.45) is 3.94. The van der Waals surface area contributed by atoms with Crippen LogP contribution in [0.3, 0.4) is 0 Å². The van der Waals surface area contributed by atoms with E-state index in [0.717, 1.165) is 50.4 Å². The zero-order valence-corrected chi connectivity index (χ0v) is 18.8. The van der Waals surface area contributed by atoms with Crippen LogP contribution in [-0.2, 0) is 0 Å². The molecule has 2 saturated heterocycles. The number of rotatable bonds is 5. The molecular formula is C23H27N9O2. The molecule has 0 aliphatic carbocycles. The highest BCUT2D eigenvalue weighted by atomic mass is 16.5. The Bertz CT molecular complexity index is 1240. The number of hydrogen-bond acceptors (Lipinski definition) is 10. The number of nitriles is 1. The highest BCUT2D eigenvalue weighted by Crippen LogP contribution is 2.28. The molecule has 176 valence electrons. The fraction of sp³-hybridized carbons (Fsp3) is 0.435. The average molecular weight is 462 g/mol. The molecule has 0 amide bonds. The van der Waals surface area contributed by atoms with E-state index in [1.807, 2.05) is 24.3 Å². The monoisotopic (exact) mass is 461 g/mol. The molecule has 0 radical (unpaired) electrons. The highest BCUT2D eigenvalue weighted by molar-refractivity contribution is 5.90. The van der Waals surface area contributed by atoms with E-state index in [1.165, 1.54) is 5.06 Å². The van der Waals surface area contributed by atoms with Crippen LogP contribution in [0.1, 0.15) is 19.3 Å². The predicted molar refractivity (Wildman–Crippen MR) is 128 cm³/mol. The molecule has 3 aromatic rings. The maximum atomic E-state index is 12.6. The number of hydroxylamine groups is 2. The van der Waals surface area contributed by atoms with Gasteiger partial charge in [-0.1, -0.05) is 0 Å². The molecule has 2 aromatic heterocycles. The van der Waals surface area contributed by atoms with Crippen molar-refractivity contribution in [3.8, 4) is 6.07 Å². The summed E-state index contributed by atoms with van der Waals surface area (Å²) in [6.45, 7) is 4.28. The first-order valence-electron chi connectivity index (χ1n) is 11.5. The van der Waals surface area contributed by atoms with E-state index in [4.69, 9.17) is 10.2 Å². The molecule has 2 fully saturated rings. The zero-order chi connectivity index (χ0) is 23.5. The van der Waals surface area contributed by atoms with Gasteiger partial charge >= 0.3 is 0 Å². The first-order valence-corrected chi connectivity index (χ1v) is 11.5. The van der Waals surface area contributed by atoms with E-state index in [1.54, 1.807) is 6.20 Å². The lowest BCUT2D eigenvalue weighted by atomic mass is 9.94. The number of fused-ring (bicyclic) bond motifs is 1. The standard InChI is InChI=1S/C23H27N9O2/c24-8-5-16-6-9-31(10-7-16)23-27-19-15-25-29-22(33)20(19)21(28-23)26-17-1-3-18(4-2-17)30-11-13-32(34)14-12-30/h1-4,15-16,34H,5-7,9-14H2,(H,29,33)(H,26,27,28). The number of hydrogen-bond donors (Lipinski definition) is 3. The second-order valence-electron chi connectivity index (χ2n) is 8.74. The van der Waals surface area contributed by atoms with Crippen molar-refractivity contribution in [2.45, 2.75) is 19.3 Å². The number of aromatic nitrogens is 4. The second kappa shape index (κ2) is 9.62. The Balaban J connectivity index is 1.40. The third-order valence-corrected chi connectivity index (χ3v) is 6.53. The van der Waals surface area contributed by atoms with Gasteiger partial charge in [0, 0.05) is 57.1 Å². The first kappa shape index (κ1) is 22.1. The average Bonchev–Trinajstić information content (AvgIpc) is 2.86. The zero-order valence-electron chi connectivity index (χ0n) is 18.8. The Morgan fingerprint density at radius 2 is 1.79 bits per heavy atom. The van der Waals surface area contributed by atoms with E-state index in [2.05, 4.69) is 36.4 Å². The highest BCUT2D eigenvalue weighted by Gasteiger charge is 2.23. The molecule has 1 aromatic carbocycles. The van der Waals surface area contributed by atoms with Gasteiger partial charge in [-0.05, 0) is 43.0 Å². The molecule has 0 saturated carbocycles. The maximum Gasteiger partial charge on any atom is 0.277 e. The number of aromatic amines is 1. The van der Waals surface area contributed by atoms with Crippen LogP contribution in [0.5, 0.6) is 0 Å². The lowest BCUT2D eigenvalue weighted by molar-refractivity contribution is -0.0935. The molecule has 0 unspecified atom stereocenters. The van der Waals surface area contributed by atoms with Gasteiger partial charge in [0.25, 0.3) is 5.56 Å². The number of H-pyrrole nitrogens is 1. The summed E-state index contributed by atoms with van der Waals surface area (Å²) in [5.41, 5.74) is 2.01. The summed E-state index contributed by atoms with van der Waals surface area (Å²) in [5.74, 6) is 1.39. The van der Waals surface area contributed by atoms with Gasteiger partial charge in [0.15, 0.2) is 0 Å². The minimum atomic E-state index is -0.349. The normalized spacial score (nSPS) is 17.6. The Hall–Kier alpha value is -3.75. The van der Waals surface area contributed by atoms with Gasteiger partial charge in [0.2, 0.25) is 5.95 Å². The number of nitrogens with zero attached hydrogens (tertiary/aromatic N) is 7. The minimum absolute atomic E-state index is 0.349. The summed E-state index contributed by atoms with van der Waals surface area (Å²) in [7, 11) is 0. The van der Waals surface area contributed by atoms with Crippen LogP contribution in [0.2, 0.25) is 0 Å². The van der Waals surface area contributed by atoms with Crippen molar-refractivity contribution >= 4 is 34.0 Å². The van der Waals surface area contributed by atoms with Gasteiger partial charge in [-0.25, -0.2) is 10.1 Å². The minimum Gasteiger partial charge on any atom is -0.369 e. The van der Waals surface area contributed by atoms with E-state index < -0.39 is 0 Å². The number of benzene rings is 1. The van der Waals surface area contributed by atoms with Crippen LogP contribution in [-0.4, -0.2) is 69.7 Å². The third kappa shape index (κ3) is 4.64. The number of nitrogens with one attached hydrogen (secondary N) is 2. The van der Waals surface area contributed by atoms with Crippen molar-refractivity contribution in [2.75, 3.05) is 54.4 Å². The summed E-state index contributed by atoms with van der Waals surface area (Å²) in [4.78, 5) is 26.2. The molecule has 0 spiro atoms. The SMILES string of the molecule is N#CCC1CCN(c2nc(Nc3ccc(N4CCN(O)CC4)cc3)c3c(=O)[nH]ncc3n2)CC1. The van der Waals surface area contributed by atoms with E-state index in [9.17, 15) is 10.0 Å². The molecule has 0 bridgehead atoms. The van der Waals surface area contributed by atoms with Gasteiger partial charge in [-0.2, -0.15) is 20.4 Å². The molecule has 4 heterocycles. The fourth-order valence-corrected chi connectivity index (χ4v) is 4.54. The predicted octanol–water partition coefficient (Wildman–Crippen LogP) is 2.10. The largest absolute Gasteiger partial charge is 0.369 e. The molecule has 34 heavy (non-hydrogen) atoms. The molecule has 2 aliphatic rings. The van der Waals surface area contributed by atoms with E-state index in [-0.39, 0.29) is 5.56 Å². The first-order chi connectivity index (χ1) is 16.6. The quantitative estimate of drug-likeness (QED) is 0.518. The van der Waals surface area contributed by atoms with Crippen LogP contribution in [0.15, 0.2) is 35.3 Å². The van der Waals surface area contributed by atoms with Gasteiger partial charge in [-0.15, -0.1) is 0 Å². The molecule has 3 N–H and O–H groups in total. The van der Waals surface area contributed by atoms with Crippen molar-refractivity contribution in [3.05, 3.63) is 40.8 Å². The Morgan fingerprint density at radius 1 is 1.06 bits per heavy atom. The van der Waals surface area contributed by atoms with Gasteiger partial charge in [-0.3, -0.25) is 4.79 Å². The Morgan fingerprint density at radius 3 is 2.50 bits per heavy atom. The topological polar surface area (TPSA) is 137 Å². The molecule has 11 heteroatoms. The number of piperidine rings is 1. The van der Waals surface area contributed by atoms with Crippen molar-refractivity contribution < 1.29 is 5.21 Å². The third-order valence-electron chi connectivity index (χ3n) is 6.53.